The summed E-state index contributed by atoms with van der Waals surface area (Å²) in [6.45, 7) is 0. The highest BCUT2D eigenvalue weighted by molar-refractivity contribution is 6.00. The predicted molar refractivity (Wildman–Crippen MR) is 228 cm³/mol. The van der Waals surface area contributed by atoms with Crippen LogP contribution in [0.25, 0.3) is 11.1 Å². The van der Waals surface area contributed by atoms with Gasteiger partial charge in [0.15, 0.2) is 18.0 Å². The Labute approximate surface area is 357 Å². The number of hydrogen-bond acceptors (Lipinski definition) is 9. The van der Waals surface area contributed by atoms with Crippen LogP contribution in [0.1, 0.15) is 34.2 Å². The zero-order valence-corrected chi connectivity index (χ0v) is 33.4. The molecule has 2 bridgehead atoms. The Kier molecular flexibility index (Phi) is 14.7. The topological polar surface area (TPSA) is 235 Å². The Balaban J connectivity index is 1.40. The lowest BCUT2D eigenvalue weighted by atomic mass is 9.90. The second-order valence-electron chi connectivity index (χ2n) is 15.1. The molecule has 0 fully saturated rings. The Morgan fingerprint density at radius 3 is 1.73 bits per heavy atom. The van der Waals surface area contributed by atoms with Crippen molar-refractivity contribution in [1.29, 1.82) is 5.26 Å². The summed E-state index contributed by atoms with van der Waals surface area (Å²) in [7, 11) is 0. The van der Waals surface area contributed by atoms with Crippen LogP contribution in [0, 0.1) is 17.2 Å². The molecule has 5 aromatic carbocycles. The molecule has 0 spiro atoms. The minimum absolute atomic E-state index is 0.00241. The Bertz CT molecular complexity index is 2440. The zero-order chi connectivity index (χ0) is 44.2. The van der Waals surface area contributed by atoms with E-state index in [2.05, 4.69) is 21.3 Å². The molecule has 7 rings (SSSR count). The number of aliphatic carboxylic acids is 1. The van der Waals surface area contributed by atoms with Gasteiger partial charge in [-0.2, -0.15) is 5.26 Å². The molecule has 316 valence electrons. The standard InChI is InChI=1S/C48H45N5O9/c49-28-35-14-8-7-13-34(35)26-40-45(58)52-39(25-31-15-19-33(20-16-31)32-11-5-2-6-12-32)44(57)51-38(24-29-9-3-1-4-10-29)41(54)27-36(48(61)62)23-30-17-21-37(22-18-30)50-46(59)42(55)43(56)47(60)53-40/h1-22,36,38-40,42-43,55-56H,23-27H2,(H,50,59)(H,51,57)(H,52,58)(H,53,60)(H,61,62)/t36-,38-,39+,40-,42-,43-/m1/s1. The van der Waals surface area contributed by atoms with Crippen molar-refractivity contribution < 1.29 is 44.1 Å². The molecular formula is C48H45N5O9. The summed E-state index contributed by atoms with van der Waals surface area (Å²) in [5, 5.41) is 52.0. The maximum Gasteiger partial charge on any atom is 0.307 e. The Morgan fingerprint density at radius 2 is 1.08 bits per heavy atom. The lowest BCUT2D eigenvalue weighted by Crippen LogP contribution is -2.59. The number of anilines is 1. The molecule has 5 aromatic rings. The molecule has 62 heavy (non-hydrogen) atoms. The first-order valence-electron chi connectivity index (χ1n) is 20.0. The van der Waals surface area contributed by atoms with Gasteiger partial charge in [-0.1, -0.05) is 115 Å². The van der Waals surface area contributed by atoms with Crippen molar-refractivity contribution in [3.05, 3.63) is 161 Å². The third-order valence-electron chi connectivity index (χ3n) is 10.7. The van der Waals surface area contributed by atoms with Crippen molar-refractivity contribution in [2.45, 2.75) is 62.4 Å². The van der Waals surface area contributed by atoms with Crippen molar-refractivity contribution in [3.63, 3.8) is 0 Å². The van der Waals surface area contributed by atoms with Crippen molar-refractivity contribution in [2.75, 3.05) is 5.32 Å². The van der Waals surface area contributed by atoms with Gasteiger partial charge >= 0.3 is 5.97 Å². The van der Waals surface area contributed by atoms with Crippen LogP contribution in [-0.2, 0) is 54.5 Å². The molecular weight excluding hydrogens is 791 g/mol. The van der Waals surface area contributed by atoms with Gasteiger partial charge in [-0.25, -0.2) is 0 Å². The third kappa shape index (κ3) is 11.6. The van der Waals surface area contributed by atoms with E-state index in [1.807, 2.05) is 48.5 Å². The Morgan fingerprint density at radius 1 is 0.565 bits per heavy atom. The van der Waals surface area contributed by atoms with Gasteiger partial charge in [0.05, 0.1) is 23.6 Å². The molecule has 0 saturated heterocycles. The first kappa shape index (κ1) is 44.1. The smallest absolute Gasteiger partial charge is 0.307 e. The van der Waals surface area contributed by atoms with Crippen LogP contribution >= 0.6 is 0 Å². The number of carboxylic acid groups (broad SMARTS) is 1. The van der Waals surface area contributed by atoms with Crippen LogP contribution in [0.2, 0.25) is 0 Å². The van der Waals surface area contributed by atoms with Gasteiger partial charge in [-0.3, -0.25) is 28.8 Å². The molecule has 0 aliphatic carbocycles. The van der Waals surface area contributed by atoms with Gasteiger partial charge in [-0.15, -0.1) is 0 Å². The molecule has 0 unspecified atom stereocenters. The van der Waals surface area contributed by atoms with Gasteiger partial charge < -0.3 is 36.6 Å². The number of ketones is 1. The minimum atomic E-state index is -2.37. The van der Waals surface area contributed by atoms with Gasteiger partial charge in [0.2, 0.25) is 11.8 Å². The number of fused-ring (bicyclic) bond motifs is 18. The summed E-state index contributed by atoms with van der Waals surface area (Å²) >= 11 is 0. The fraction of sp³-hybridized carbons (Fsp3) is 0.229. The highest BCUT2D eigenvalue weighted by atomic mass is 16.4. The summed E-state index contributed by atoms with van der Waals surface area (Å²) in [5.74, 6) is -7.20. The third-order valence-corrected chi connectivity index (χ3v) is 10.7. The molecule has 2 heterocycles. The fourth-order valence-electron chi connectivity index (χ4n) is 7.19. The molecule has 0 saturated carbocycles. The highest BCUT2D eigenvalue weighted by Gasteiger charge is 2.36. The number of rotatable bonds is 8. The van der Waals surface area contributed by atoms with E-state index in [9.17, 15) is 49.3 Å². The van der Waals surface area contributed by atoms with Crippen molar-refractivity contribution in [3.8, 4) is 17.2 Å². The molecule has 2 aliphatic rings. The van der Waals surface area contributed by atoms with Crippen LogP contribution < -0.4 is 21.3 Å². The number of benzene rings is 5. The first-order chi connectivity index (χ1) is 29.9. The van der Waals surface area contributed by atoms with E-state index in [4.69, 9.17) is 0 Å². The summed E-state index contributed by atoms with van der Waals surface area (Å²) in [5.41, 5.74) is 4.28. The summed E-state index contributed by atoms with van der Waals surface area (Å²) in [4.78, 5) is 82.2. The molecule has 0 aromatic heterocycles. The number of hydrogen-bond donors (Lipinski definition) is 7. The van der Waals surface area contributed by atoms with E-state index in [1.54, 1.807) is 60.7 Å². The van der Waals surface area contributed by atoms with E-state index in [-0.39, 0.29) is 36.9 Å². The highest BCUT2D eigenvalue weighted by Crippen LogP contribution is 2.22. The second kappa shape index (κ2) is 20.7. The van der Waals surface area contributed by atoms with E-state index in [1.165, 1.54) is 30.3 Å². The minimum Gasteiger partial charge on any atom is -0.481 e. The van der Waals surface area contributed by atoms with E-state index in [0.29, 0.717) is 22.3 Å². The number of aliphatic hydroxyl groups is 2. The Hall–Kier alpha value is -7.47. The van der Waals surface area contributed by atoms with Crippen LogP contribution in [0.15, 0.2) is 133 Å². The normalized spacial score (nSPS) is 21.6. The van der Waals surface area contributed by atoms with Crippen molar-refractivity contribution in [2.24, 2.45) is 5.92 Å². The van der Waals surface area contributed by atoms with Crippen LogP contribution in [0.3, 0.4) is 0 Å². The molecule has 0 radical (unpaired) electrons. The first-order valence-corrected chi connectivity index (χ1v) is 20.0. The lowest BCUT2D eigenvalue weighted by Gasteiger charge is -2.27. The number of amides is 4. The molecule has 7 N–H and O–H groups in total. The van der Waals surface area contributed by atoms with Crippen LogP contribution in [0.4, 0.5) is 5.69 Å². The number of carbonyl (C=O) groups excluding carboxylic acids is 5. The maximum atomic E-state index is 14.5. The molecule has 2 aliphatic heterocycles. The van der Waals surface area contributed by atoms with Gasteiger partial charge in [-0.05, 0) is 64.4 Å². The molecule has 6 atom stereocenters. The average Bonchev–Trinajstić information content (AvgIpc) is 3.28. The SMILES string of the molecule is N#Cc1ccccc1C[C@H]1NC(=O)[C@H](O)[C@@H](O)C(=O)Nc2ccc(cc2)C[C@@H](C(=O)O)CC(=O)[C@@H](Cc2ccccc2)NC(=O)[C@H](Cc2ccc(-c3ccccc3)cc2)NC1=O. The number of Topliss-reactive ketones (excluding diaryl/α,β-unsaturated/α-hetero) is 1. The second-order valence-corrected chi connectivity index (χ2v) is 15.1. The lowest BCUT2D eigenvalue weighted by molar-refractivity contribution is -0.145. The van der Waals surface area contributed by atoms with E-state index in [0.717, 1.165) is 11.1 Å². The van der Waals surface area contributed by atoms with Gasteiger partial charge in [0.25, 0.3) is 11.8 Å². The van der Waals surface area contributed by atoms with Crippen molar-refractivity contribution >= 4 is 41.1 Å². The molecule has 14 nitrogen and oxygen atoms in total. The summed E-state index contributed by atoms with van der Waals surface area (Å²) in [6.07, 6.45) is -5.63. The number of nitriles is 1. The number of nitrogens with zero attached hydrogens (tertiary/aromatic N) is 1. The van der Waals surface area contributed by atoms with Crippen LogP contribution in [-0.4, -0.2) is 81.0 Å². The van der Waals surface area contributed by atoms with Gasteiger partial charge in [0, 0.05) is 24.9 Å². The average molecular weight is 836 g/mol. The largest absolute Gasteiger partial charge is 0.481 e. The maximum absolute atomic E-state index is 14.5. The van der Waals surface area contributed by atoms with Gasteiger partial charge in [0.1, 0.15) is 12.1 Å². The number of nitrogens with one attached hydrogen (secondary N) is 4. The predicted octanol–water partition coefficient (Wildman–Crippen LogP) is 3.28. The van der Waals surface area contributed by atoms with E-state index >= 15 is 0 Å². The zero-order valence-electron chi connectivity index (χ0n) is 33.4. The number of aliphatic hydroxyl groups excluding tert-OH is 2. The summed E-state index contributed by atoms with van der Waals surface area (Å²) < 4.78 is 0. The van der Waals surface area contributed by atoms with Crippen molar-refractivity contribution in [1.82, 2.24) is 16.0 Å². The van der Waals surface area contributed by atoms with E-state index < -0.39 is 78.1 Å². The summed E-state index contributed by atoms with van der Waals surface area (Å²) in [6, 6.07) is 35.7. The molecule has 4 amide bonds. The quantitative estimate of drug-likeness (QED) is 0.113. The number of carbonyl (C=O) groups is 6. The number of carboxylic acids is 1. The molecule has 14 heteroatoms. The fourth-order valence-corrected chi connectivity index (χ4v) is 7.19. The monoisotopic (exact) mass is 835 g/mol. The van der Waals surface area contributed by atoms with Crippen LogP contribution in [0.5, 0.6) is 0 Å².